The summed E-state index contributed by atoms with van der Waals surface area (Å²) in [5.41, 5.74) is 6.43. The number of fused-ring (bicyclic) bond motifs is 4. The number of carboxylic acids is 1. The molecule has 0 saturated heterocycles. The first-order valence-electron chi connectivity index (χ1n) is 17.4. The third-order valence-electron chi connectivity index (χ3n) is 9.59. The molecule has 2 aromatic heterocycles. The lowest BCUT2D eigenvalue weighted by Crippen LogP contribution is -2.34. The van der Waals surface area contributed by atoms with Gasteiger partial charge >= 0.3 is 35.1 Å². The van der Waals surface area contributed by atoms with Gasteiger partial charge in [-0.25, -0.2) is 19.2 Å². The highest BCUT2D eigenvalue weighted by molar-refractivity contribution is 9.09. The summed E-state index contributed by atoms with van der Waals surface area (Å²) in [7, 11) is 0. The van der Waals surface area contributed by atoms with Crippen molar-refractivity contribution in [1.82, 2.24) is 0 Å². The van der Waals surface area contributed by atoms with E-state index in [9.17, 15) is 28.8 Å². The van der Waals surface area contributed by atoms with E-state index in [1.807, 2.05) is 12.1 Å². The van der Waals surface area contributed by atoms with Gasteiger partial charge < -0.3 is 38.0 Å². The van der Waals surface area contributed by atoms with Gasteiger partial charge in [0.25, 0.3) is 0 Å². The van der Waals surface area contributed by atoms with E-state index in [-0.39, 0.29) is 24.5 Å². The highest BCUT2D eigenvalue weighted by atomic mass is 79.9. The van der Waals surface area contributed by atoms with Crippen molar-refractivity contribution in [3.05, 3.63) is 78.5 Å². The molecule has 0 bridgehead atoms. The van der Waals surface area contributed by atoms with Crippen LogP contribution in [0.3, 0.4) is 0 Å². The number of aryl methyl sites for hydroxylation is 4. The van der Waals surface area contributed by atoms with Gasteiger partial charge in [-0.05, 0) is 103 Å². The molecular weight excluding hydrogens is 768 g/mol. The Morgan fingerprint density at radius 3 is 1.56 bits per heavy atom. The highest BCUT2D eigenvalue weighted by Gasteiger charge is 2.29. The molecule has 0 atom stereocenters. The van der Waals surface area contributed by atoms with E-state index in [0.717, 1.165) is 99.4 Å². The van der Waals surface area contributed by atoms with Gasteiger partial charge in [0.2, 0.25) is 6.79 Å². The van der Waals surface area contributed by atoms with Crippen molar-refractivity contribution in [2.24, 2.45) is 0 Å². The minimum Gasteiger partial charge on any atom is -0.477 e. The van der Waals surface area contributed by atoms with Crippen LogP contribution in [0.4, 0.5) is 11.4 Å². The molecule has 8 rings (SSSR count). The lowest BCUT2D eigenvalue weighted by atomic mass is 9.90. The van der Waals surface area contributed by atoms with Crippen LogP contribution in [0, 0.1) is 0 Å². The van der Waals surface area contributed by atoms with E-state index in [4.69, 9.17) is 18.7 Å². The standard InChI is InChI=1S/C19H19NO6.C16H15NO4.C3H5BrO2.CH4/c1-11(21)24-10-25-18(22)15-9-13-8-12-4-2-6-20-7-3-5-14(16(12)20)17(13)26-19(15)23;18-15(19)12-8-10-7-9-3-1-5-17-6-2-4-11(13(9)17)14(10)21-16(12)20;1-3(5)6-2-4;/h8-9H,2-7,10H2,1H3;7-8H,1-6H2,(H,18,19);2H2,1H3;1H4. The first-order valence-corrected chi connectivity index (χ1v) is 18.6. The van der Waals surface area contributed by atoms with Crippen LogP contribution in [0.5, 0.6) is 0 Å². The molecule has 4 aliphatic heterocycles. The van der Waals surface area contributed by atoms with E-state index in [2.05, 4.69) is 35.2 Å². The zero-order valence-electron chi connectivity index (χ0n) is 29.4. The van der Waals surface area contributed by atoms with Crippen LogP contribution in [0.15, 0.2) is 42.7 Å². The Kier molecular flexibility index (Phi) is 12.8. The maximum atomic E-state index is 12.3. The molecule has 0 aliphatic carbocycles. The quantitative estimate of drug-likeness (QED) is 0.109. The predicted molar refractivity (Wildman–Crippen MR) is 204 cm³/mol. The molecule has 14 nitrogen and oxygen atoms in total. The fraction of sp³-hybridized carbons (Fsp3) is 0.436. The number of hydrogen-bond acceptors (Lipinski definition) is 13. The van der Waals surface area contributed by atoms with E-state index in [0.29, 0.717) is 16.7 Å². The second-order valence-corrected chi connectivity index (χ2v) is 13.5. The van der Waals surface area contributed by atoms with E-state index >= 15 is 0 Å². The van der Waals surface area contributed by atoms with E-state index in [1.165, 1.54) is 48.5 Å². The summed E-state index contributed by atoms with van der Waals surface area (Å²) < 4.78 is 24.6. The third-order valence-corrected chi connectivity index (χ3v) is 9.82. The number of anilines is 2. The van der Waals surface area contributed by atoms with Gasteiger partial charge in [-0.3, -0.25) is 9.59 Å². The molecule has 0 unspecified atom stereocenters. The zero-order chi connectivity index (χ0) is 37.8. The molecule has 4 aromatic rings. The normalized spacial score (nSPS) is 14.9. The van der Waals surface area contributed by atoms with E-state index < -0.39 is 36.0 Å². The van der Waals surface area contributed by atoms with Gasteiger partial charge in [-0.1, -0.05) is 7.43 Å². The van der Waals surface area contributed by atoms with Gasteiger partial charge in [0.05, 0.1) is 0 Å². The first kappa shape index (κ1) is 40.0. The monoisotopic (exact) mass is 810 g/mol. The number of carbonyl (C=O) groups excluding carboxylic acids is 3. The van der Waals surface area contributed by atoms with Gasteiger partial charge in [0.15, 0.2) is 0 Å². The number of hydrogen-bond donors (Lipinski definition) is 1. The summed E-state index contributed by atoms with van der Waals surface area (Å²) in [6.07, 6.45) is 7.96. The zero-order valence-corrected chi connectivity index (χ0v) is 31.0. The van der Waals surface area contributed by atoms with E-state index in [1.54, 1.807) is 0 Å². The number of nitrogens with zero attached hydrogens (tertiary/aromatic N) is 2. The van der Waals surface area contributed by atoms with Gasteiger partial charge in [0.1, 0.15) is 27.8 Å². The molecule has 0 amide bonds. The van der Waals surface area contributed by atoms with Crippen molar-refractivity contribution in [2.45, 2.75) is 72.6 Å². The molecule has 15 heteroatoms. The Morgan fingerprint density at radius 2 is 1.13 bits per heavy atom. The van der Waals surface area contributed by atoms with Crippen LogP contribution in [0.1, 0.15) is 89.9 Å². The molecular formula is C39H43BrN2O12. The second kappa shape index (κ2) is 17.3. The Labute approximate surface area is 319 Å². The number of carboxylic acid groups (broad SMARTS) is 1. The molecule has 0 fully saturated rings. The number of benzene rings is 2. The molecule has 2 aromatic carbocycles. The van der Waals surface area contributed by atoms with Crippen LogP contribution in [-0.4, -0.2) is 67.5 Å². The lowest BCUT2D eigenvalue weighted by molar-refractivity contribution is -0.149. The summed E-state index contributed by atoms with van der Waals surface area (Å²) in [5, 5.41) is 10.5. The van der Waals surface area contributed by atoms with Crippen molar-refractivity contribution in [1.29, 1.82) is 0 Å². The smallest absolute Gasteiger partial charge is 0.351 e. The second-order valence-electron chi connectivity index (χ2n) is 13.1. The van der Waals surface area contributed by atoms with Crippen molar-refractivity contribution in [3.8, 4) is 0 Å². The molecule has 0 saturated carbocycles. The molecule has 0 radical (unpaired) electrons. The average molecular weight is 812 g/mol. The number of aromatic carboxylic acids is 1. The predicted octanol–water partition coefficient (Wildman–Crippen LogP) is 5.90. The summed E-state index contributed by atoms with van der Waals surface area (Å²) in [5.74, 6) is -2.93. The molecule has 54 heavy (non-hydrogen) atoms. The van der Waals surface area contributed by atoms with Crippen LogP contribution in [-0.2, 0) is 49.5 Å². The lowest BCUT2D eigenvalue weighted by Gasteiger charge is -2.37. The third kappa shape index (κ3) is 8.46. The number of alkyl halides is 1. The van der Waals surface area contributed by atoms with Crippen LogP contribution < -0.4 is 21.1 Å². The number of halogens is 1. The summed E-state index contributed by atoms with van der Waals surface area (Å²) in [4.78, 5) is 72.6. The molecule has 0 spiro atoms. The molecule has 288 valence electrons. The topological polar surface area (TPSA) is 183 Å². The fourth-order valence-corrected chi connectivity index (χ4v) is 7.83. The molecule has 4 aliphatic rings. The Bertz CT molecular complexity index is 2220. The number of ether oxygens (including phenoxy) is 3. The number of esters is 3. The maximum absolute atomic E-state index is 12.3. The van der Waals surface area contributed by atoms with Crippen LogP contribution in [0.2, 0.25) is 0 Å². The highest BCUT2D eigenvalue weighted by Crippen LogP contribution is 2.41. The van der Waals surface area contributed by atoms with Crippen LogP contribution in [0.25, 0.3) is 21.9 Å². The van der Waals surface area contributed by atoms with Crippen molar-refractivity contribution >= 4 is 73.1 Å². The summed E-state index contributed by atoms with van der Waals surface area (Å²) in [6.45, 7) is 6.17. The molecule has 6 heterocycles. The first-order chi connectivity index (χ1) is 25.5. The average Bonchev–Trinajstić information content (AvgIpc) is 3.12. The van der Waals surface area contributed by atoms with Gasteiger partial charge in [-0.2, -0.15) is 0 Å². The van der Waals surface area contributed by atoms with Crippen LogP contribution >= 0.6 is 15.9 Å². The van der Waals surface area contributed by atoms with Gasteiger partial charge in [-0.15, -0.1) is 0 Å². The van der Waals surface area contributed by atoms with Gasteiger partial charge in [0, 0.05) is 73.3 Å². The molecule has 1 N–H and O–H groups in total. The summed E-state index contributed by atoms with van der Waals surface area (Å²) in [6, 6.07) is 6.95. The summed E-state index contributed by atoms with van der Waals surface area (Å²) >= 11 is 2.91. The fourth-order valence-electron chi connectivity index (χ4n) is 7.50. The minimum absolute atomic E-state index is 0. The maximum Gasteiger partial charge on any atom is 0.351 e. The largest absolute Gasteiger partial charge is 0.477 e. The Balaban J connectivity index is 0.000000180. The van der Waals surface area contributed by atoms with Crippen molar-refractivity contribution in [2.75, 3.05) is 48.3 Å². The Hall–Kier alpha value is -5.18. The van der Waals surface area contributed by atoms with Crippen molar-refractivity contribution in [3.63, 3.8) is 0 Å². The Morgan fingerprint density at radius 1 is 0.685 bits per heavy atom. The minimum atomic E-state index is -1.24. The van der Waals surface area contributed by atoms with Crippen molar-refractivity contribution < 1.29 is 47.3 Å². The number of rotatable bonds is 5. The number of carbonyl (C=O) groups is 4. The SMILES string of the molecule is C.CC(=O)OCBr.CC(=O)OCOC(=O)c1cc2cc3c4c(c2oc1=O)CCCN4CCC3.O=C(O)c1cc2cc3c4c(c2oc1=O)CCCN4CCC3.